The van der Waals surface area contributed by atoms with Crippen molar-refractivity contribution in [2.75, 3.05) is 0 Å². The van der Waals surface area contributed by atoms with E-state index in [4.69, 9.17) is 11.6 Å². The van der Waals surface area contributed by atoms with Gasteiger partial charge in [0.15, 0.2) is 0 Å². The Morgan fingerprint density at radius 3 is 2.33 bits per heavy atom. The van der Waals surface area contributed by atoms with Crippen LogP contribution in [0.15, 0.2) is 36.4 Å². The number of carbonyl (C=O) groups excluding carboxylic acids is 1. The molecule has 2 nitrogen and oxygen atoms in total. The molecule has 0 heterocycles. The summed E-state index contributed by atoms with van der Waals surface area (Å²) >= 11 is 6.15. The third-order valence-corrected chi connectivity index (χ3v) is 3.93. The largest absolute Gasteiger partial charge is 0.345 e. The van der Waals surface area contributed by atoms with Gasteiger partial charge in [0.25, 0.3) is 5.91 Å². The molecule has 21 heavy (non-hydrogen) atoms. The summed E-state index contributed by atoms with van der Waals surface area (Å²) in [5.41, 5.74) is 5.04. The van der Waals surface area contributed by atoms with Crippen LogP contribution in [0.3, 0.4) is 0 Å². The van der Waals surface area contributed by atoms with Crippen molar-refractivity contribution < 1.29 is 4.79 Å². The summed E-state index contributed by atoms with van der Waals surface area (Å²) in [6.07, 6.45) is 0. The topological polar surface area (TPSA) is 29.1 Å². The lowest BCUT2D eigenvalue weighted by molar-refractivity contribution is 0.0940. The summed E-state index contributed by atoms with van der Waals surface area (Å²) in [6, 6.07) is 11.7. The maximum Gasteiger partial charge on any atom is 0.253 e. The molecule has 0 radical (unpaired) electrons. The molecule has 1 atom stereocenters. The molecule has 0 saturated heterocycles. The van der Waals surface area contributed by atoms with Gasteiger partial charge in [-0.05, 0) is 56.5 Å². The zero-order valence-electron chi connectivity index (χ0n) is 12.8. The van der Waals surface area contributed by atoms with Crippen LogP contribution in [0.2, 0.25) is 5.02 Å². The number of aryl methyl sites for hydroxylation is 3. The van der Waals surface area contributed by atoms with Crippen molar-refractivity contribution in [2.24, 2.45) is 0 Å². The van der Waals surface area contributed by atoms with Gasteiger partial charge in [0.05, 0.1) is 16.6 Å². The molecule has 3 heteroatoms. The summed E-state index contributed by atoms with van der Waals surface area (Å²) in [6.45, 7) is 8.04. The van der Waals surface area contributed by atoms with Crippen molar-refractivity contribution in [3.05, 3.63) is 69.2 Å². The maximum atomic E-state index is 12.4. The summed E-state index contributed by atoms with van der Waals surface area (Å²) in [5, 5.41) is 3.50. The van der Waals surface area contributed by atoms with Crippen LogP contribution < -0.4 is 5.32 Å². The van der Waals surface area contributed by atoms with E-state index >= 15 is 0 Å². The fraction of sp³-hybridized carbons (Fsp3) is 0.278. The average molecular weight is 302 g/mol. The molecule has 0 aliphatic rings. The molecule has 2 rings (SSSR count). The lowest BCUT2D eigenvalue weighted by atomic mass is 9.99. The molecule has 1 N–H and O–H groups in total. The van der Waals surface area contributed by atoms with Crippen LogP contribution in [-0.2, 0) is 0 Å². The van der Waals surface area contributed by atoms with E-state index < -0.39 is 0 Å². The van der Waals surface area contributed by atoms with E-state index in [2.05, 4.69) is 30.4 Å². The molecule has 2 aromatic carbocycles. The van der Waals surface area contributed by atoms with Gasteiger partial charge in [-0.3, -0.25) is 4.79 Å². The first-order valence-electron chi connectivity index (χ1n) is 7.02. The molecular formula is C18H20ClNO. The minimum absolute atomic E-state index is 0.0604. The Morgan fingerprint density at radius 2 is 1.67 bits per heavy atom. The van der Waals surface area contributed by atoms with Gasteiger partial charge in [0.1, 0.15) is 0 Å². The van der Waals surface area contributed by atoms with Crippen molar-refractivity contribution in [3.8, 4) is 0 Å². The highest BCUT2D eigenvalue weighted by molar-refractivity contribution is 6.33. The van der Waals surface area contributed by atoms with E-state index in [1.54, 1.807) is 12.1 Å². The summed E-state index contributed by atoms with van der Waals surface area (Å²) in [4.78, 5) is 12.4. The fourth-order valence-corrected chi connectivity index (χ4v) is 2.70. The van der Waals surface area contributed by atoms with Crippen molar-refractivity contribution in [1.82, 2.24) is 5.32 Å². The van der Waals surface area contributed by atoms with Crippen molar-refractivity contribution in [2.45, 2.75) is 33.7 Å². The van der Waals surface area contributed by atoms with E-state index in [1.165, 1.54) is 11.1 Å². The van der Waals surface area contributed by atoms with Gasteiger partial charge in [-0.15, -0.1) is 0 Å². The molecule has 110 valence electrons. The second-order valence-corrected chi connectivity index (χ2v) is 5.95. The van der Waals surface area contributed by atoms with Gasteiger partial charge in [0.2, 0.25) is 0 Å². The quantitative estimate of drug-likeness (QED) is 0.870. The normalized spacial score (nSPS) is 12.0. The van der Waals surface area contributed by atoms with Gasteiger partial charge >= 0.3 is 0 Å². The van der Waals surface area contributed by atoms with Gasteiger partial charge in [-0.2, -0.15) is 0 Å². The summed E-state index contributed by atoms with van der Waals surface area (Å²) in [7, 11) is 0. The SMILES string of the molecule is Cc1ccc(C(=O)N[C@H](C)c2cc(C)ccc2C)c(Cl)c1. The summed E-state index contributed by atoms with van der Waals surface area (Å²) in [5.74, 6) is -0.145. The fourth-order valence-electron chi connectivity index (χ4n) is 2.38. The number of rotatable bonds is 3. The first kappa shape index (κ1) is 15.6. The molecule has 0 spiro atoms. The Labute approximate surface area is 131 Å². The third kappa shape index (κ3) is 3.64. The highest BCUT2D eigenvalue weighted by Gasteiger charge is 2.15. The minimum Gasteiger partial charge on any atom is -0.345 e. The van der Waals surface area contributed by atoms with Crippen LogP contribution in [0.4, 0.5) is 0 Å². The highest BCUT2D eigenvalue weighted by atomic mass is 35.5. The van der Waals surface area contributed by atoms with E-state index in [0.29, 0.717) is 10.6 Å². The van der Waals surface area contributed by atoms with Gasteiger partial charge < -0.3 is 5.32 Å². The predicted octanol–water partition coefficient (Wildman–Crippen LogP) is 4.76. The molecule has 0 unspecified atom stereocenters. The molecule has 0 aliphatic carbocycles. The number of benzene rings is 2. The molecule has 0 fully saturated rings. The van der Waals surface area contributed by atoms with Crippen LogP contribution in [-0.4, -0.2) is 5.91 Å². The van der Waals surface area contributed by atoms with E-state index in [0.717, 1.165) is 11.1 Å². The number of hydrogen-bond acceptors (Lipinski definition) is 1. The second-order valence-electron chi connectivity index (χ2n) is 5.54. The average Bonchev–Trinajstić information content (AvgIpc) is 2.41. The molecular weight excluding hydrogens is 282 g/mol. The number of halogens is 1. The van der Waals surface area contributed by atoms with Gasteiger partial charge in [0, 0.05) is 0 Å². The highest BCUT2D eigenvalue weighted by Crippen LogP contribution is 2.21. The van der Waals surface area contributed by atoms with Crippen molar-refractivity contribution >= 4 is 17.5 Å². The van der Waals surface area contributed by atoms with E-state index in [-0.39, 0.29) is 11.9 Å². The second kappa shape index (κ2) is 6.31. The minimum atomic E-state index is -0.145. The zero-order chi connectivity index (χ0) is 15.6. The first-order valence-corrected chi connectivity index (χ1v) is 7.40. The predicted molar refractivity (Wildman–Crippen MR) is 88.0 cm³/mol. The number of nitrogens with one attached hydrogen (secondary N) is 1. The van der Waals surface area contributed by atoms with Crippen molar-refractivity contribution in [3.63, 3.8) is 0 Å². The van der Waals surface area contributed by atoms with Crippen molar-refractivity contribution in [1.29, 1.82) is 0 Å². The van der Waals surface area contributed by atoms with Gasteiger partial charge in [-0.25, -0.2) is 0 Å². The number of amides is 1. The molecule has 0 bridgehead atoms. The molecule has 1 amide bonds. The van der Waals surface area contributed by atoms with Crippen LogP contribution >= 0.6 is 11.6 Å². The molecule has 0 aliphatic heterocycles. The Balaban J connectivity index is 2.20. The van der Waals surface area contributed by atoms with E-state index in [9.17, 15) is 4.79 Å². The smallest absolute Gasteiger partial charge is 0.253 e. The monoisotopic (exact) mass is 301 g/mol. The number of carbonyl (C=O) groups is 1. The number of hydrogen-bond donors (Lipinski definition) is 1. The Hall–Kier alpha value is -1.80. The van der Waals surface area contributed by atoms with Crippen LogP contribution in [0.25, 0.3) is 0 Å². The Bertz CT molecular complexity index is 679. The van der Waals surface area contributed by atoms with E-state index in [1.807, 2.05) is 26.8 Å². The van der Waals surface area contributed by atoms with Crippen LogP contribution in [0.5, 0.6) is 0 Å². The Morgan fingerprint density at radius 1 is 1.05 bits per heavy atom. The Kier molecular flexibility index (Phi) is 4.69. The third-order valence-electron chi connectivity index (χ3n) is 3.62. The summed E-state index contributed by atoms with van der Waals surface area (Å²) < 4.78 is 0. The lowest BCUT2D eigenvalue weighted by Crippen LogP contribution is -2.27. The lowest BCUT2D eigenvalue weighted by Gasteiger charge is -2.18. The standard InChI is InChI=1S/C18H20ClNO/c1-11-5-7-13(3)16(9-11)14(4)20-18(21)15-8-6-12(2)10-17(15)19/h5-10,14H,1-4H3,(H,20,21)/t14-/m1/s1. The zero-order valence-corrected chi connectivity index (χ0v) is 13.6. The molecule has 0 saturated carbocycles. The first-order chi connectivity index (χ1) is 9.88. The molecule has 2 aromatic rings. The van der Waals surface area contributed by atoms with Crippen LogP contribution in [0, 0.1) is 20.8 Å². The maximum absolute atomic E-state index is 12.4. The van der Waals surface area contributed by atoms with Gasteiger partial charge in [-0.1, -0.05) is 41.4 Å². The molecule has 0 aromatic heterocycles. The van der Waals surface area contributed by atoms with Crippen LogP contribution in [0.1, 0.15) is 45.6 Å².